The zero-order valence-electron chi connectivity index (χ0n) is 21.1. The van der Waals surface area contributed by atoms with Crippen LogP contribution in [0.2, 0.25) is 0 Å². The molecule has 0 aromatic rings. The van der Waals surface area contributed by atoms with Crippen LogP contribution in [0.4, 0.5) is 0 Å². The van der Waals surface area contributed by atoms with E-state index in [1.807, 2.05) is 0 Å². The summed E-state index contributed by atoms with van der Waals surface area (Å²) >= 11 is 0. The molecule has 0 aliphatic heterocycles. The van der Waals surface area contributed by atoms with E-state index in [2.05, 4.69) is 0 Å². The van der Waals surface area contributed by atoms with Gasteiger partial charge in [0.15, 0.2) is 37.3 Å². The van der Waals surface area contributed by atoms with Crippen molar-refractivity contribution in [3.8, 4) is 0 Å². The average molecular weight is 680 g/mol. The van der Waals surface area contributed by atoms with Gasteiger partial charge in [-0.25, -0.2) is 28.8 Å². The maximum absolute atomic E-state index is 11.3. The summed E-state index contributed by atoms with van der Waals surface area (Å²) in [5.74, 6) is -12.0. The standard InChI is InChI=1S/2C10H13NO8.2H3N.4Na.4H/c2*12-6(13)3-11(4-7(14)15,5-8(16)17)10(1-2-10)9(18)19;;;;;;;;;;/h2*1-5H2,(H3-,12,13,14,15,16,17,18,19);2*1H3;;;;;;;;. The molecule has 0 radical (unpaired) electrons. The molecule has 2 fully saturated rings. The third-order valence-electron chi connectivity index (χ3n) is 6.67. The Labute approximate surface area is 338 Å². The molecule has 0 saturated heterocycles. The van der Waals surface area contributed by atoms with Crippen LogP contribution < -0.4 is 22.5 Å². The van der Waals surface area contributed by atoms with Gasteiger partial charge in [-0.2, -0.15) is 0 Å². The first kappa shape index (κ1) is 56.0. The molecular weight excluding hydrogens is 644 g/mol. The number of carbonyl (C=O) groups excluding carboxylic acids is 2. The Morgan fingerprint density at radius 3 is 0.750 bits per heavy atom. The van der Waals surface area contributed by atoms with Crippen molar-refractivity contribution in [2.75, 3.05) is 39.3 Å². The molecule has 0 spiro atoms. The minimum atomic E-state index is -1.71. The molecule has 2 aliphatic rings. The van der Waals surface area contributed by atoms with E-state index < -0.39 is 107 Å². The van der Waals surface area contributed by atoms with Crippen LogP contribution in [0.1, 0.15) is 25.7 Å². The molecule has 44 heavy (non-hydrogen) atoms. The maximum atomic E-state index is 11.3. The first-order chi connectivity index (χ1) is 17.3. The van der Waals surface area contributed by atoms with E-state index in [1.54, 1.807) is 0 Å². The molecule has 0 unspecified atom stereocenters. The number of aliphatic carboxylic acids is 8. The first-order valence-electron chi connectivity index (χ1n) is 10.8. The normalized spacial score (nSPS) is 14.4. The summed E-state index contributed by atoms with van der Waals surface area (Å²) in [5.41, 5.74) is -3.34. The number of nitrogens with zero attached hydrogens (tertiary/aromatic N) is 2. The molecule has 0 aromatic carbocycles. The zero-order valence-corrected chi connectivity index (χ0v) is 21.1. The summed E-state index contributed by atoms with van der Waals surface area (Å²) < 4.78 is -2.15. The number of carbonyl (C=O) groups is 8. The van der Waals surface area contributed by atoms with E-state index in [9.17, 15) is 53.7 Å². The molecule has 12 N–H and O–H groups in total. The van der Waals surface area contributed by atoms with Gasteiger partial charge in [-0.15, -0.1) is 0 Å². The summed E-state index contributed by atoms with van der Waals surface area (Å²) in [5, 5.41) is 75.2. The molecule has 2 aliphatic carbocycles. The SMILES string of the molecule is N.N.O=C(O)C[N+](CC(=O)O)(CC(=O)O)C1(C(=O)O)CC1.O=C([O-])C[N+](CC(=O)[O-])(CC(=O)O)C1(C(=O)O)CC1.[NaH].[NaH].[NaH].[NaH]. The summed E-state index contributed by atoms with van der Waals surface area (Å²) in [7, 11) is 0. The van der Waals surface area contributed by atoms with Crippen molar-refractivity contribution >= 4 is 166 Å². The third-order valence-corrected chi connectivity index (χ3v) is 6.67. The average Bonchev–Trinajstić information content (AvgIpc) is 3.57. The van der Waals surface area contributed by atoms with Crippen molar-refractivity contribution in [2.45, 2.75) is 36.8 Å². The van der Waals surface area contributed by atoms with Gasteiger partial charge in [-0.3, -0.25) is 8.97 Å². The fraction of sp³-hybridized carbons (Fsp3) is 0.600. The number of carboxylic acids is 8. The Bertz CT molecular complexity index is 905. The van der Waals surface area contributed by atoms with Crippen molar-refractivity contribution in [1.29, 1.82) is 0 Å². The second-order valence-electron chi connectivity index (χ2n) is 9.23. The van der Waals surface area contributed by atoms with Gasteiger partial charge in [0.25, 0.3) is 0 Å². The monoisotopic (exact) mass is 680 g/mol. The van der Waals surface area contributed by atoms with Crippen LogP contribution in [0.5, 0.6) is 0 Å². The first-order valence-corrected chi connectivity index (χ1v) is 10.8. The summed E-state index contributed by atoms with van der Waals surface area (Å²) in [6, 6.07) is 0. The van der Waals surface area contributed by atoms with Gasteiger partial charge in [0, 0.05) is 25.7 Å². The van der Waals surface area contributed by atoms with E-state index in [-0.39, 0.29) is 156 Å². The van der Waals surface area contributed by atoms with Crippen LogP contribution in [0, 0.1) is 0 Å². The van der Waals surface area contributed by atoms with Gasteiger partial charge < -0.3 is 62.7 Å². The number of carboxylic acid groups (broad SMARTS) is 8. The van der Waals surface area contributed by atoms with Crippen molar-refractivity contribution in [3.05, 3.63) is 0 Å². The Hall–Kier alpha value is -0.400. The van der Waals surface area contributed by atoms with Gasteiger partial charge in [0.05, 0.1) is 11.9 Å². The van der Waals surface area contributed by atoms with E-state index >= 15 is 0 Å². The minimum absolute atomic E-state index is 0. The molecule has 0 atom stereocenters. The molecule has 0 aromatic heterocycles. The number of hydrogen-bond donors (Lipinski definition) is 8. The third kappa shape index (κ3) is 14.2. The fourth-order valence-electron chi connectivity index (χ4n) is 4.79. The Balaban J connectivity index is -0.000000144. The van der Waals surface area contributed by atoms with E-state index in [0.717, 1.165) is 0 Å². The fourth-order valence-corrected chi connectivity index (χ4v) is 4.79. The predicted molar refractivity (Wildman–Crippen MR) is 148 cm³/mol. The van der Waals surface area contributed by atoms with E-state index in [4.69, 9.17) is 25.5 Å². The number of hydrogen-bond acceptors (Lipinski definition) is 12. The second-order valence-corrected chi connectivity index (χ2v) is 9.23. The van der Waals surface area contributed by atoms with E-state index in [1.165, 1.54) is 0 Å². The number of rotatable bonds is 16. The quantitative estimate of drug-likeness (QED) is 0.0554. The molecule has 0 amide bonds. The molecule has 0 heterocycles. The van der Waals surface area contributed by atoms with Gasteiger partial charge in [-0.05, 0) is 0 Å². The van der Waals surface area contributed by atoms with Crippen molar-refractivity contribution in [3.63, 3.8) is 0 Å². The Kier molecular flexibility index (Phi) is 28.3. The van der Waals surface area contributed by atoms with Crippen molar-refractivity contribution in [2.24, 2.45) is 0 Å². The van der Waals surface area contributed by atoms with Gasteiger partial charge in [-0.1, -0.05) is 0 Å². The Morgan fingerprint density at radius 1 is 0.455 bits per heavy atom. The predicted octanol–water partition coefficient (Wildman–Crippen LogP) is -7.59. The summed E-state index contributed by atoms with van der Waals surface area (Å²) in [4.78, 5) is 87.5. The van der Waals surface area contributed by atoms with Crippen molar-refractivity contribution < 1.29 is 88.2 Å². The number of quaternary nitrogens is 2. The van der Waals surface area contributed by atoms with Crippen LogP contribution in [0.15, 0.2) is 0 Å². The van der Waals surface area contributed by atoms with E-state index in [0.29, 0.717) is 0 Å². The molecule has 0 bridgehead atoms. The molecule has 2 saturated carbocycles. The van der Waals surface area contributed by atoms with Crippen LogP contribution >= 0.6 is 0 Å². The van der Waals surface area contributed by atoms with Crippen molar-refractivity contribution in [1.82, 2.24) is 12.3 Å². The summed E-state index contributed by atoms with van der Waals surface area (Å²) in [6.07, 6.45) is 0.151. The Morgan fingerprint density at radius 2 is 0.636 bits per heavy atom. The molecular formula is C20H36N4Na4O16. The molecule has 2 rings (SSSR count). The summed E-state index contributed by atoms with van der Waals surface area (Å²) in [6.45, 7) is -5.52. The molecule has 236 valence electrons. The topological polar surface area (TPSA) is 374 Å². The van der Waals surface area contributed by atoms with Crippen LogP contribution in [0.3, 0.4) is 0 Å². The molecule has 20 nitrogen and oxygen atoms in total. The van der Waals surface area contributed by atoms with Crippen LogP contribution in [0.25, 0.3) is 0 Å². The van der Waals surface area contributed by atoms with Crippen LogP contribution in [-0.4, -0.2) is 256 Å². The second kappa shape index (κ2) is 22.2. The van der Waals surface area contributed by atoms with Gasteiger partial charge in [0.1, 0.15) is 13.1 Å². The molecule has 24 heteroatoms. The van der Waals surface area contributed by atoms with Crippen LogP contribution in [-0.2, 0) is 38.4 Å². The van der Waals surface area contributed by atoms with Gasteiger partial charge >= 0.3 is 154 Å². The van der Waals surface area contributed by atoms with Gasteiger partial charge in [0.2, 0.25) is 0 Å². The zero-order chi connectivity index (χ0) is 29.7.